The third-order valence-corrected chi connectivity index (χ3v) is 8.44. The Morgan fingerprint density at radius 1 is 0.943 bits per heavy atom. The highest BCUT2D eigenvalue weighted by Crippen LogP contribution is 2.18. The molecule has 3 aromatic rings. The fraction of sp³-hybridized carbons (Fsp3) is 0.385. The molecule has 1 aromatic heterocycles. The molecule has 186 valence electrons. The van der Waals surface area contributed by atoms with Gasteiger partial charge in [0.2, 0.25) is 15.9 Å². The van der Waals surface area contributed by atoms with Crippen LogP contribution in [0, 0.1) is 20.8 Å². The first-order chi connectivity index (χ1) is 16.7. The van der Waals surface area contributed by atoms with Crippen molar-refractivity contribution in [3.63, 3.8) is 0 Å². The minimum atomic E-state index is -3.51. The van der Waals surface area contributed by atoms with E-state index in [0.29, 0.717) is 44.2 Å². The van der Waals surface area contributed by atoms with Crippen LogP contribution in [0.25, 0.3) is 0 Å². The molecule has 0 spiro atoms. The van der Waals surface area contributed by atoms with E-state index in [1.165, 1.54) is 9.87 Å². The maximum absolute atomic E-state index is 12.9. The Hall–Kier alpha value is -3.01. The number of aryl methyl sites for hydroxylation is 2. The molecule has 0 unspecified atom stereocenters. The van der Waals surface area contributed by atoms with Gasteiger partial charge in [0.05, 0.1) is 23.7 Å². The van der Waals surface area contributed by atoms with Gasteiger partial charge in [-0.1, -0.05) is 48.0 Å². The predicted molar refractivity (Wildman–Crippen MR) is 135 cm³/mol. The Morgan fingerprint density at radius 2 is 1.60 bits per heavy atom. The van der Waals surface area contributed by atoms with Gasteiger partial charge in [-0.05, 0) is 38.5 Å². The third-order valence-electron chi connectivity index (χ3n) is 6.53. The van der Waals surface area contributed by atoms with Crippen molar-refractivity contribution in [2.45, 2.75) is 38.8 Å². The fourth-order valence-corrected chi connectivity index (χ4v) is 5.76. The van der Waals surface area contributed by atoms with E-state index in [2.05, 4.69) is 22.5 Å². The molecule has 0 saturated carbocycles. The van der Waals surface area contributed by atoms with Gasteiger partial charge < -0.3 is 5.32 Å². The van der Waals surface area contributed by atoms with Crippen molar-refractivity contribution < 1.29 is 13.2 Å². The highest BCUT2D eigenvalue weighted by atomic mass is 32.2. The summed E-state index contributed by atoms with van der Waals surface area (Å²) in [6.07, 6.45) is 0. The summed E-state index contributed by atoms with van der Waals surface area (Å²) in [6.45, 7) is 9.06. The number of hydrogen-bond donors (Lipinski definition) is 1. The first-order valence-corrected chi connectivity index (χ1v) is 13.3. The Kier molecular flexibility index (Phi) is 7.69. The van der Waals surface area contributed by atoms with Crippen molar-refractivity contribution in [2.24, 2.45) is 0 Å². The Morgan fingerprint density at radius 3 is 2.26 bits per heavy atom. The molecule has 4 rings (SSSR count). The summed E-state index contributed by atoms with van der Waals surface area (Å²) in [7, 11) is -3.51. The third kappa shape index (κ3) is 5.98. The zero-order valence-corrected chi connectivity index (χ0v) is 21.4. The van der Waals surface area contributed by atoms with Crippen molar-refractivity contribution in [3.05, 3.63) is 82.7 Å². The molecule has 2 aromatic carbocycles. The van der Waals surface area contributed by atoms with Crippen molar-refractivity contribution in [1.29, 1.82) is 0 Å². The molecular weight excluding hydrogens is 462 g/mol. The average Bonchev–Trinajstić information content (AvgIpc) is 3.11. The molecule has 1 fully saturated rings. The number of benzene rings is 2. The minimum Gasteiger partial charge on any atom is -0.351 e. The van der Waals surface area contributed by atoms with Crippen LogP contribution in [0.4, 0.5) is 0 Å². The lowest BCUT2D eigenvalue weighted by atomic mass is 10.2. The summed E-state index contributed by atoms with van der Waals surface area (Å²) in [5, 5.41) is 7.66. The molecular formula is C26H33N5O3S. The Balaban J connectivity index is 1.27. The lowest BCUT2D eigenvalue weighted by Crippen LogP contribution is -2.51. The molecule has 9 heteroatoms. The number of carbonyl (C=O) groups is 1. The predicted octanol–water partition coefficient (Wildman–Crippen LogP) is 2.48. The summed E-state index contributed by atoms with van der Waals surface area (Å²) < 4.78 is 29.2. The first-order valence-electron chi connectivity index (χ1n) is 11.9. The molecule has 2 heterocycles. The molecule has 1 amide bonds. The van der Waals surface area contributed by atoms with Gasteiger partial charge in [-0.15, -0.1) is 0 Å². The number of rotatable bonds is 8. The molecule has 0 bridgehead atoms. The van der Waals surface area contributed by atoms with Crippen LogP contribution in [0.3, 0.4) is 0 Å². The van der Waals surface area contributed by atoms with Crippen LogP contribution in [0.5, 0.6) is 0 Å². The van der Waals surface area contributed by atoms with Gasteiger partial charge >= 0.3 is 0 Å². The number of hydrogen-bond acceptors (Lipinski definition) is 5. The van der Waals surface area contributed by atoms with E-state index < -0.39 is 10.0 Å². The summed E-state index contributed by atoms with van der Waals surface area (Å²) in [6, 6.07) is 17.1. The van der Waals surface area contributed by atoms with Crippen LogP contribution in [-0.2, 0) is 27.9 Å². The molecule has 1 N–H and O–H groups in total. The largest absolute Gasteiger partial charge is 0.351 e. The van der Waals surface area contributed by atoms with Crippen LogP contribution >= 0.6 is 0 Å². The van der Waals surface area contributed by atoms with E-state index in [1.807, 2.05) is 60.7 Å². The molecule has 1 aliphatic heterocycles. The second-order valence-corrected chi connectivity index (χ2v) is 11.0. The van der Waals surface area contributed by atoms with E-state index in [1.54, 1.807) is 12.1 Å². The molecule has 1 aliphatic rings. The van der Waals surface area contributed by atoms with Crippen molar-refractivity contribution in [2.75, 3.05) is 32.7 Å². The van der Waals surface area contributed by atoms with Gasteiger partial charge in [-0.25, -0.2) is 8.42 Å². The lowest BCUT2D eigenvalue weighted by Gasteiger charge is -2.33. The number of amides is 1. The number of aromatic nitrogens is 2. The Bertz CT molecular complexity index is 1260. The summed E-state index contributed by atoms with van der Waals surface area (Å²) in [4.78, 5) is 14.9. The molecule has 0 atom stereocenters. The number of piperazine rings is 1. The number of carbonyl (C=O) groups excluding carboxylic acids is 1. The Labute approximate surface area is 207 Å². The van der Waals surface area contributed by atoms with Crippen molar-refractivity contribution in [3.8, 4) is 0 Å². The SMILES string of the molecule is Cc1ccc(S(=O)(=O)N2CCN(CC(=O)NCc3c(C)nn(Cc4ccccc4)c3C)CC2)cc1. The lowest BCUT2D eigenvalue weighted by molar-refractivity contribution is -0.122. The highest BCUT2D eigenvalue weighted by molar-refractivity contribution is 7.89. The maximum atomic E-state index is 12.9. The molecule has 1 saturated heterocycles. The topological polar surface area (TPSA) is 87.5 Å². The van der Waals surface area contributed by atoms with Gasteiger partial charge in [0.15, 0.2) is 0 Å². The van der Waals surface area contributed by atoms with Crippen LogP contribution < -0.4 is 5.32 Å². The molecule has 0 radical (unpaired) electrons. The normalized spacial score (nSPS) is 15.3. The maximum Gasteiger partial charge on any atom is 0.243 e. The molecule has 35 heavy (non-hydrogen) atoms. The summed E-state index contributed by atoms with van der Waals surface area (Å²) >= 11 is 0. The zero-order valence-electron chi connectivity index (χ0n) is 20.6. The first kappa shape index (κ1) is 25.1. The van der Waals surface area contributed by atoms with Crippen molar-refractivity contribution >= 4 is 15.9 Å². The van der Waals surface area contributed by atoms with Gasteiger partial charge in [0.25, 0.3) is 0 Å². The number of nitrogens with one attached hydrogen (secondary N) is 1. The van der Waals surface area contributed by atoms with Crippen LogP contribution in [-0.4, -0.2) is 66.0 Å². The van der Waals surface area contributed by atoms with E-state index in [0.717, 1.165) is 22.5 Å². The number of nitrogens with zero attached hydrogens (tertiary/aromatic N) is 4. The van der Waals surface area contributed by atoms with Gasteiger partial charge in [-0.3, -0.25) is 14.4 Å². The van der Waals surface area contributed by atoms with Gasteiger partial charge in [0.1, 0.15) is 0 Å². The van der Waals surface area contributed by atoms with Crippen molar-refractivity contribution in [1.82, 2.24) is 24.3 Å². The van der Waals surface area contributed by atoms with Gasteiger partial charge in [0, 0.05) is 44.0 Å². The quantitative estimate of drug-likeness (QED) is 0.519. The van der Waals surface area contributed by atoms with Crippen LogP contribution in [0.15, 0.2) is 59.5 Å². The second kappa shape index (κ2) is 10.7. The van der Waals surface area contributed by atoms with E-state index in [4.69, 9.17) is 0 Å². The highest BCUT2D eigenvalue weighted by Gasteiger charge is 2.29. The van der Waals surface area contributed by atoms with Gasteiger partial charge in [-0.2, -0.15) is 9.40 Å². The molecule has 0 aliphatic carbocycles. The van der Waals surface area contributed by atoms with E-state index in [9.17, 15) is 13.2 Å². The van der Waals surface area contributed by atoms with E-state index >= 15 is 0 Å². The summed E-state index contributed by atoms with van der Waals surface area (Å²) in [5.74, 6) is -0.0746. The smallest absolute Gasteiger partial charge is 0.243 e. The molecule has 8 nitrogen and oxygen atoms in total. The monoisotopic (exact) mass is 495 g/mol. The van der Waals surface area contributed by atoms with E-state index in [-0.39, 0.29) is 12.5 Å². The zero-order chi connectivity index (χ0) is 25.0. The number of sulfonamides is 1. The standard InChI is InChI=1S/C26H33N5O3S/c1-20-9-11-24(12-10-20)35(33,34)30-15-13-29(14-16-30)19-26(32)27-17-25-21(2)28-31(22(25)3)18-23-7-5-4-6-8-23/h4-12H,13-19H2,1-3H3,(H,27,32). The van der Waals surface area contributed by atoms with Crippen LogP contribution in [0.2, 0.25) is 0 Å². The van der Waals surface area contributed by atoms with Crippen LogP contribution in [0.1, 0.15) is 28.1 Å². The fourth-order valence-electron chi connectivity index (χ4n) is 4.33. The summed E-state index contributed by atoms with van der Waals surface area (Å²) in [5.41, 5.74) is 5.18. The minimum absolute atomic E-state index is 0.0746. The average molecular weight is 496 g/mol. The second-order valence-electron chi connectivity index (χ2n) is 9.06.